The van der Waals surface area contributed by atoms with E-state index in [1.807, 2.05) is 13.1 Å². The summed E-state index contributed by atoms with van der Waals surface area (Å²) in [6.45, 7) is 2.15. The molecule has 0 aliphatic heterocycles. The third kappa shape index (κ3) is 2.13. The molecule has 4 heteroatoms. The second-order valence-corrected chi connectivity index (χ2v) is 4.16. The number of aromatic nitrogens is 2. The first-order valence-corrected chi connectivity index (χ1v) is 5.38. The van der Waals surface area contributed by atoms with Crippen LogP contribution in [0.15, 0.2) is 18.2 Å². The highest BCUT2D eigenvalue weighted by atomic mass is 35.5. The molecule has 3 nitrogen and oxygen atoms in total. The first-order chi connectivity index (χ1) is 7.20. The van der Waals surface area contributed by atoms with Gasteiger partial charge in [-0.2, -0.15) is 5.10 Å². The normalized spacial score (nSPS) is 13.3. The van der Waals surface area contributed by atoms with Crippen LogP contribution in [-0.2, 0) is 6.42 Å². The van der Waals surface area contributed by atoms with Gasteiger partial charge in [0.2, 0.25) is 0 Å². The predicted octanol–water partition coefficient (Wildman–Crippen LogP) is 2.37. The van der Waals surface area contributed by atoms with Gasteiger partial charge in [0, 0.05) is 11.4 Å². The lowest BCUT2D eigenvalue weighted by molar-refractivity contribution is 0.609. The molecule has 0 spiro atoms. The van der Waals surface area contributed by atoms with Crippen molar-refractivity contribution < 1.29 is 0 Å². The van der Waals surface area contributed by atoms with E-state index in [2.05, 4.69) is 34.6 Å². The monoisotopic (exact) mass is 223 g/mol. The Kier molecular flexibility index (Phi) is 2.93. The molecule has 2 N–H and O–H groups in total. The molecule has 1 aromatic heterocycles. The zero-order valence-electron chi connectivity index (χ0n) is 8.84. The van der Waals surface area contributed by atoms with Crippen LogP contribution in [0.2, 0.25) is 5.15 Å². The molecule has 0 fully saturated rings. The maximum absolute atomic E-state index is 5.93. The molecule has 2 aromatic rings. The molecule has 0 aliphatic carbocycles. The Morgan fingerprint density at radius 1 is 1.53 bits per heavy atom. The standard InChI is InChI=1S/C11H14ClN3/c1-7(13-2)5-8-3-4-9-10(6-8)14-15-11(9)12/h3-4,6-7,13H,5H2,1-2H3,(H,14,15). The third-order valence-electron chi connectivity index (χ3n) is 2.61. The minimum atomic E-state index is 0.469. The van der Waals surface area contributed by atoms with Gasteiger partial charge in [0.05, 0.1) is 5.52 Å². The number of nitrogens with one attached hydrogen (secondary N) is 2. The number of rotatable bonds is 3. The van der Waals surface area contributed by atoms with Crippen molar-refractivity contribution in [3.8, 4) is 0 Å². The summed E-state index contributed by atoms with van der Waals surface area (Å²) in [6.07, 6.45) is 0.997. The molecule has 0 saturated carbocycles. The Balaban J connectivity index is 2.31. The van der Waals surface area contributed by atoms with E-state index in [4.69, 9.17) is 11.6 Å². The minimum absolute atomic E-state index is 0.469. The van der Waals surface area contributed by atoms with E-state index in [1.54, 1.807) is 0 Å². The van der Waals surface area contributed by atoms with Crippen LogP contribution in [0.25, 0.3) is 10.9 Å². The van der Waals surface area contributed by atoms with Crippen molar-refractivity contribution >= 4 is 22.5 Å². The van der Waals surface area contributed by atoms with Crippen LogP contribution in [0.3, 0.4) is 0 Å². The number of nitrogens with zero attached hydrogens (tertiary/aromatic N) is 1. The predicted molar refractivity (Wildman–Crippen MR) is 63.3 cm³/mol. The fraction of sp³-hybridized carbons (Fsp3) is 0.364. The summed E-state index contributed by atoms with van der Waals surface area (Å²) in [5.41, 5.74) is 2.20. The van der Waals surface area contributed by atoms with Crippen molar-refractivity contribution in [2.24, 2.45) is 0 Å². The van der Waals surface area contributed by atoms with Crippen molar-refractivity contribution in [3.05, 3.63) is 28.9 Å². The average Bonchev–Trinajstić information content (AvgIpc) is 2.60. The molecule has 80 valence electrons. The topological polar surface area (TPSA) is 40.7 Å². The van der Waals surface area contributed by atoms with Gasteiger partial charge in [-0.3, -0.25) is 5.10 Å². The zero-order valence-corrected chi connectivity index (χ0v) is 9.60. The van der Waals surface area contributed by atoms with Gasteiger partial charge in [-0.25, -0.2) is 0 Å². The van der Waals surface area contributed by atoms with Gasteiger partial charge in [-0.1, -0.05) is 17.7 Å². The molecular weight excluding hydrogens is 210 g/mol. The lowest BCUT2D eigenvalue weighted by atomic mass is 10.1. The molecule has 1 heterocycles. The third-order valence-corrected chi connectivity index (χ3v) is 2.90. The summed E-state index contributed by atoms with van der Waals surface area (Å²) in [4.78, 5) is 0. The van der Waals surface area contributed by atoms with E-state index in [9.17, 15) is 0 Å². The number of hydrogen-bond donors (Lipinski definition) is 2. The average molecular weight is 224 g/mol. The number of benzene rings is 1. The van der Waals surface area contributed by atoms with Crippen molar-refractivity contribution in [2.45, 2.75) is 19.4 Å². The summed E-state index contributed by atoms with van der Waals surface area (Å²) in [5, 5.41) is 11.7. The van der Waals surface area contributed by atoms with Gasteiger partial charge >= 0.3 is 0 Å². The van der Waals surface area contributed by atoms with E-state index < -0.39 is 0 Å². The smallest absolute Gasteiger partial charge is 0.132 e. The van der Waals surface area contributed by atoms with Crippen molar-refractivity contribution in [1.29, 1.82) is 0 Å². The Morgan fingerprint density at radius 2 is 2.33 bits per heavy atom. The lowest BCUT2D eigenvalue weighted by Gasteiger charge is -2.09. The van der Waals surface area contributed by atoms with Crippen LogP contribution in [0.5, 0.6) is 0 Å². The number of H-pyrrole nitrogens is 1. The van der Waals surface area contributed by atoms with Gasteiger partial charge in [0.1, 0.15) is 5.15 Å². The summed E-state index contributed by atoms with van der Waals surface area (Å²) in [7, 11) is 1.97. The number of hydrogen-bond acceptors (Lipinski definition) is 2. The molecule has 0 amide bonds. The maximum atomic E-state index is 5.93. The maximum Gasteiger partial charge on any atom is 0.132 e. The highest BCUT2D eigenvalue weighted by Crippen LogP contribution is 2.21. The van der Waals surface area contributed by atoms with Crippen LogP contribution < -0.4 is 5.32 Å². The van der Waals surface area contributed by atoms with E-state index in [0.717, 1.165) is 17.3 Å². The summed E-state index contributed by atoms with van der Waals surface area (Å²) >= 11 is 5.93. The highest BCUT2D eigenvalue weighted by Gasteiger charge is 2.05. The molecule has 1 unspecified atom stereocenters. The van der Waals surface area contributed by atoms with Gasteiger partial charge in [0.15, 0.2) is 0 Å². The van der Waals surface area contributed by atoms with Crippen LogP contribution >= 0.6 is 11.6 Å². The van der Waals surface area contributed by atoms with Gasteiger partial charge in [-0.05, 0) is 38.1 Å². The molecule has 2 rings (SSSR count). The lowest BCUT2D eigenvalue weighted by Crippen LogP contribution is -2.23. The summed E-state index contributed by atoms with van der Waals surface area (Å²) in [5.74, 6) is 0. The Hall–Kier alpha value is -1.06. The second kappa shape index (κ2) is 4.21. The van der Waals surface area contributed by atoms with Gasteiger partial charge in [0.25, 0.3) is 0 Å². The van der Waals surface area contributed by atoms with E-state index >= 15 is 0 Å². The highest BCUT2D eigenvalue weighted by molar-refractivity contribution is 6.34. The number of aromatic amines is 1. The van der Waals surface area contributed by atoms with Crippen LogP contribution in [0, 0.1) is 0 Å². The number of likely N-dealkylation sites (N-methyl/N-ethyl adjacent to an activating group) is 1. The van der Waals surface area contributed by atoms with Crippen LogP contribution in [0.1, 0.15) is 12.5 Å². The number of fused-ring (bicyclic) bond motifs is 1. The van der Waals surface area contributed by atoms with E-state index in [-0.39, 0.29) is 0 Å². The van der Waals surface area contributed by atoms with Crippen molar-refractivity contribution in [1.82, 2.24) is 15.5 Å². The van der Waals surface area contributed by atoms with Crippen molar-refractivity contribution in [2.75, 3.05) is 7.05 Å². The van der Waals surface area contributed by atoms with E-state index in [0.29, 0.717) is 11.2 Å². The molecule has 1 atom stereocenters. The SMILES string of the molecule is CNC(C)Cc1ccc2c(Cl)[nH]nc2c1. The molecule has 0 bridgehead atoms. The first-order valence-electron chi connectivity index (χ1n) is 5.00. The van der Waals surface area contributed by atoms with Gasteiger partial charge < -0.3 is 5.32 Å². The largest absolute Gasteiger partial charge is 0.317 e. The number of halogens is 1. The summed E-state index contributed by atoms with van der Waals surface area (Å²) in [6, 6.07) is 6.65. The molecular formula is C11H14ClN3. The molecule has 1 aromatic carbocycles. The minimum Gasteiger partial charge on any atom is -0.317 e. The van der Waals surface area contributed by atoms with Crippen LogP contribution in [-0.4, -0.2) is 23.3 Å². The Bertz CT molecular complexity index is 464. The Labute approximate surface area is 93.8 Å². The van der Waals surface area contributed by atoms with Crippen molar-refractivity contribution in [3.63, 3.8) is 0 Å². The quantitative estimate of drug-likeness (QED) is 0.839. The summed E-state index contributed by atoms with van der Waals surface area (Å²) < 4.78 is 0. The fourth-order valence-corrected chi connectivity index (χ4v) is 1.81. The molecule has 0 radical (unpaired) electrons. The fourth-order valence-electron chi connectivity index (χ4n) is 1.61. The Morgan fingerprint density at radius 3 is 3.07 bits per heavy atom. The van der Waals surface area contributed by atoms with Gasteiger partial charge in [-0.15, -0.1) is 0 Å². The second-order valence-electron chi connectivity index (χ2n) is 3.78. The zero-order chi connectivity index (χ0) is 10.8. The van der Waals surface area contributed by atoms with Crippen LogP contribution in [0.4, 0.5) is 0 Å². The van der Waals surface area contributed by atoms with E-state index in [1.165, 1.54) is 5.56 Å². The first kappa shape index (κ1) is 10.5. The molecule has 0 saturated heterocycles. The molecule has 15 heavy (non-hydrogen) atoms. The molecule has 0 aliphatic rings.